The first-order chi connectivity index (χ1) is 6.44. The Bertz CT molecular complexity index is 330. The minimum absolute atomic E-state index is 0.00447. The van der Waals surface area contributed by atoms with Crippen LogP contribution in [0, 0.1) is 0 Å². The van der Waals surface area contributed by atoms with Gasteiger partial charge in [-0.25, -0.2) is 0 Å². The third-order valence-corrected chi connectivity index (χ3v) is 1.66. The van der Waals surface area contributed by atoms with Crippen LogP contribution in [-0.4, -0.2) is 21.7 Å². The van der Waals surface area contributed by atoms with Crippen molar-refractivity contribution >= 4 is 5.78 Å². The van der Waals surface area contributed by atoms with Gasteiger partial charge in [0, 0.05) is 12.7 Å². The van der Waals surface area contributed by atoms with Crippen LogP contribution in [0.5, 0.6) is 0 Å². The molecule has 0 spiro atoms. The summed E-state index contributed by atoms with van der Waals surface area (Å²) < 4.78 is 36.9. The fraction of sp³-hybridized carbons (Fsp3) is 0.500. The predicted octanol–water partition coefficient (Wildman–Crippen LogP) is 2.04. The molecule has 3 nitrogen and oxygen atoms in total. The Morgan fingerprint density at radius 3 is 2.71 bits per heavy atom. The Balaban J connectivity index is 2.80. The summed E-state index contributed by atoms with van der Waals surface area (Å²) in [5.41, 5.74) is 0.00447. The number of hydrogen-bond donors (Lipinski definition) is 0. The van der Waals surface area contributed by atoms with E-state index < -0.39 is 18.4 Å². The first-order valence-electron chi connectivity index (χ1n) is 4.06. The van der Waals surface area contributed by atoms with Crippen molar-refractivity contribution in [2.24, 2.45) is 0 Å². The third kappa shape index (κ3) is 2.58. The van der Waals surface area contributed by atoms with Crippen LogP contribution in [0.1, 0.15) is 23.8 Å². The molecule has 1 heterocycles. The molecular weight excluding hydrogens is 197 g/mol. The van der Waals surface area contributed by atoms with E-state index in [2.05, 4.69) is 5.10 Å². The van der Waals surface area contributed by atoms with E-state index in [-0.39, 0.29) is 5.69 Å². The molecule has 0 fully saturated rings. The summed E-state index contributed by atoms with van der Waals surface area (Å²) in [7, 11) is 0. The number of ketones is 1. The second kappa shape index (κ2) is 3.81. The van der Waals surface area contributed by atoms with Crippen LogP contribution in [-0.2, 0) is 6.54 Å². The number of nitrogens with zero attached hydrogens (tertiary/aromatic N) is 2. The van der Waals surface area contributed by atoms with Gasteiger partial charge in [0.1, 0.15) is 12.1 Å². The number of halogens is 3. The zero-order valence-electron chi connectivity index (χ0n) is 7.51. The van der Waals surface area contributed by atoms with Gasteiger partial charge in [0.15, 0.2) is 5.78 Å². The molecule has 1 aromatic heterocycles. The Kier molecular flexibility index (Phi) is 2.93. The van der Waals surface area contributed by atoms with E-state index in [4.69, 9.17) is 0 Å². The van der Waals surface area contributed by atoms with Gasteiger partial charge >= 0.3 is 6.18 Å². The normalized spacial score (nSPS) is 11.7. The summed E-state index contributed by atoms with van der Waals surface area (Å²) >= 11 is 0. The summed E-state index contributed by atoms with van der Waals surface area (Å²) in [6.45, 7) is 2.09. The number of aryl methyl sites for hydroxylation is 1. The first kappa shape index (κ1) is 10.7. The summed E-state index contributed by atoms with van der Waals surface area (Å²) in [6.07, 6.45) is -4.58. The lowest BCUT2D eigenvalue weighted by Gasteiger charge is -2.06. The topological polar surface area (TPSA) is 34.9 Å². The average Bonchev–Trinajstić information content (AvgIpc) is 2.47. The van der Waals surface area contributed by atoms with E-state index >= 15 is 0 Å². The van der Waals surface area contributed by atoms with Crippen molar-refractivity contribution in [3.63, 3.8) is 0 Å². The van der Waals surface area contributed by atoms with E-state index in [9.17, 15) is 18.0 Å². The molecule has 0 aliphatic heterocycles. The van der Waals surface area contributed by atoms with Gasteiger partial charge in [0.05, 0.1) is 0 Å². The van der Waals surface area contributed by atoms with Crippen molar-refractivity contribution in [2.45, 2.75) is 26.1 Å². The van der Waals surface area contributed by atoms with Crippen LogP contribution in [0.2, 0.25) is 0 Å². The smallest absolute Gasteiger partial charge is 0.292 e. The highest BCUT2D eigenvalue weighted by atomic mass is 19.4. The van der Waals surface area contributed by atoms with Crippen molar-refractivity contribution in [3.8, 4) is 0 Å². The Morgan fingerprint density at radius 1 is 1.57 bits per heavy atom. The lowest BCUT2D eigenvalue weighted by Crippen LogP contribution is -2.18. The molecule has 0 unspecified atom stereocenters. The summed E-state index contributed by atoms with van der Waals surface area (Å²) in [5.74, 6) is -0.947. The first-order valence-corrected chi connectivity index (χ1v) is 4.06. The van der Waals surface area contributed by atoms with Crippen molar-refractivity contribution in [2.75, 3.05) is 0 Å². The number of aromatic nitrogens is 2. The highest BCUT2D eigenvalue weighted by molar-refractivity contribution is 5.94. The Morgan fingerprint density at radius 2 is 2.21 bits per heavy atom. The highest BCUT2D eigenvalue weighted by Gasteiger charge is 2.32. The molecular formula is C8H9F3N2O. The van der Waals surface area contributed by atoms with Crippen LogP contribution in [0.25, 0.3) is 0 Å². The van der Waals surface area contributed by atoms with Crippen LogP contribution in [0.3, 0.4) is 0 Å². The number of carbonyl (C=O) groups is 1. The molecule has 0 aromatic carbocycles. The molecule has 1 rings (SSSR count). The van der Waals surface area contributed by atoms with Gasteiger partial charge < -0.3 is 0 Å². The van der Waals surface area contributed by atoms with E-state index in [0.717, 1.165) is 0 Å². The monoisotopic (exact) mass is 206 g/mol. The summed E-state index contributed by atoms with van der Waals surface area (Å²) in [5, 5.41) is 3.71. The lowest BCUT2D eigenvalue weighted by molar-refractivity contribution is -0.125. The summed E-state index contributed by atoms with van der Waals surface area (Å²) in [6, 6.07) is 1.29. The van der Waals surface area contributed by atoms with Gasteiger partial charge in [-0.1, -0.05) is 0 Å². The molecule has 6 heteroatoms. The van der Waals surface area contributed by atoms with Crippen LogP contribution in [0.4, 0.5) is 13.2 Å². The second-order valence-corrected chi connectivity index (χ2v) is 2.75. The highest BCUT2D eigenvalue weighted by Crippen LogP contribution is 2.21. The molecule has 0 aliphatic carbocycles. The maximum absolute atomic E-state index is 11.9. The SMILES string of the molecule is CCn1nccc1C(=O)CC(F)(F)F. The third-order valence-electron chi connectivity index (χ3n) is 1.66. The van der Waals surface area contributed by atoms with E-state index in [0.29, 0.717) is 6.54 Å². The molecule has 1 aromatic rings. The number of alkyl halides is 3. The number of Topliss-reactive ketones (excluding diaryl/α,β-unsaturated/α-hetero) is 1. The number of carbonyl (C=O) groups excluding carboxylic acids is 1. The van der Waals surface area contributed by atoms with Crippen molar-refractivity contribution in [1.82, 2.24) is 9.78 Å². The van der Waals surface area contributed by atoms with Crippen molar-refractivity contribution in [3.05, 3.63) is 18.0 Å². The Hall–Kier alpha value is -1.33. The molecule has 0 radical (unpaired) electrons. The standard InChI is InChI=1S/C8H9F3N2O/c1-2-13-6(3-4-12-13)7(14)5-8(9,10)11/h3-4H,2,5H2,1H3. The number of rotatable bonds is 3. The maximum atomic E-state index is 11.9. The maximum Gasteiger partial charge on any atom is 0.396 e. The zero-order valence-corrected chi connectivity index (χ0v) is 7.51. The van der Waals surface area contributed by atoms with Crippen LogP contribution in [0.15, 0.2) is 12.3 Å². The molecule has 0 saturated carbocycles. The van der Waals surface area contributed by atoms with Gasteiger partial charge in [-0.05, 0) is 13.0 Å². The van der Waals surface area contributed by atoms with Gasteiger partial charge in [-0.2, -0.15) is 18.3 Å². The summed E-state index contributed by atoms with van der Waals surface area (Å²) in [4.78, 5) is 11.1. The van der Waals surface area contributed by atoms with Gasteiger partial charge in [0.25, 0.3) is 0 Å². The van der Waals surface area contributed by atoms with Gasteiger partial charge in [-0.15, -0.1) is 0 Å². The average molecular weight is 206 g/mol. The van der Waals surface area contributed by atoms with E-state index in [1.807, 2.05) is 0 Å². The second-order valence-electron chi connectivity index (χ2n) is 2.75. The predicted molar refractivity (Wildman–Crippen MR) is 42.9 cm³/mol. The molecule has 0 atom stereocenters. The van der Waals surface area contributed by atoms with E-state index in [1.54, 1.807) is 6.92 Å². The minimum atomic E-state index is -4.46. The van der Waals surface area contributed by atoms with Crippen LogP contribution < -0.4 is 0 Å². The zero-order chi connectivity index (χ0) is 10.8. The quantitative estimate of drug-likeness (QED) is 0.709. The molecule has 78 valence electrons. The molecule has 14 heavy (non-hydrogen) atoms. The molecule has 0 N–H and O–H groups in total. The van der Waals surface area contributed by atoms with E-state index in [1.165, 1.54) is 16.9 Å². The molecule has 0 aliphatic rings. The lowest BCUT2D eigenvalue weighted by atomic mass is 10.2. The minimum Gasteiger partial charge on any atom is -0.292 e. The largest absolute Gasteiger partial charge is 0.396 e. The number of hydrogen-bond acceptors (Lipinski definition) is 2. The van der Waals surface area contributed by atoms with Crippen molar-refractivity contribution in [1.29, 1.82) is 0 Å². The van der Waals surface area contributed by atoms with Gasteiger partial charge in [0.2, 0.25) is 0 Å². The van der Waals surface area contributed by atoms with Crippen molar-refractivity contribution < 1.29 is 18.0 Å². The van der Waals surface area contributed by atoms with Gasteiger partial charge in [-0.3, -0.25) is 9.48 Å². The van der Waals surface area contributed by atoms with Crippen LogP contribution >= 0.6 is 0 Å². The fourth-order valence-corrected chi connectivity index (χ4v) is 1.09. The Labute approximate surface area is 78.5 Å². The molecule has 0 saturated heterocycles. The fourth-order valence-electron chi connectivity index (χ4n) is 1.09. The molecule has 0 amide bonds. The molecule has 0 bridgehead atoms.